The molecule has 0 bridgehead atoms. The highest BCUT2D eigenvalue weighted by atomic mass is 35.5. The molecule has 0 fully saturated rings. The van der Waals surface area contributed by atoms with E-state index in [0.29, 0.717) is 44.4 Å². The van der Waals surface area contributed by atoms with Gasteiger partial charge in [-0.25, -0.2) is 0 Å². The summed E-state index contributed by atoms with van der Waals surface area (Å²) in [5.74, 6) is 1.17. The molecule has 0 saturated carbocycles. The molecule has 0 aliphatic rings. The zero-order valence-corrected chi connectivity index (χ0v) is 20.7. The number of amides is 1. The van der Waals surface area contributed by atoms with E-state index in [4.69, 9.17) is 21.1 Å². The van der Waals surface area contributed by atoms with Crippen molar-refractivity contribution >= 4 is 44.9 Å². The Labute approximate surface area is 213 Å². The van der Waals surface area contributed by atoms with Crippen LogP contribution in [0, 0.1) is 0 Å². The normalized spacial score (nSPS) is 10.4. The molecule has 0 spiro atoms. The van der Waals surface area contributed by atoms with Gasteiger partial charge in [-0.15, -0.1) is 0 Å². The number of methoxy groups -OCH3 is 1. The number of nitrogens with zero attached hydrogens (tertiary/aromatic N) is 2. The van der Waals surface area contributed by atoms with Crippen LogP contribution < -0.4 is 14.8 Å². The predicted molar refractivity (Wildman–Crippen MR) is 143 cm³/mol. The van der Waals surface area contributed by atoms with E-state index in [9.17, 15) is 9.90 Å². The maximum Gasteiger partial charge on any atom is 0.257 e. The summed E-state index contributed by atoms with van der Waals surface area (Å²) in [6, 6.07) is 17.8. The summed E-state index contributed by atoms with van der Waals surface area (Å²) in [5.41, 5.74) is 1.63. The number of phenols is 1. The SMILES string of the molecule is CC.COc1cc2nccc(Oc3ccc4ccc(NC(=O)c5cncc(Cl)c5)cc4c3)c2cc1O. The van der Waals surface area contributed by atoms with Gasteiger partial charge in [0.05, 0.1) is 23.2 Å². The summed E-state index contributed by atoms with van der Waals surface area (Å²) in [6.45, 7) is 4.00. The molecule has 2 aromatic heterocycles. The molecule has 36 heavy (non-hydrogen) atoms. The molecule has 0 aliphatic carbocycles. The number of aromatic nitrogens is 2. The van der Waals surface area contributed by atoms with Gasteiger partial charge in [-0.1, -0.05) is 37.6 Å². The van der Waals surface area contributed by atoms with Crippen LogP contribution in [0.3, 0.4) is 0 Å². The Morgan fingerprint density at radius 2 is 1.75 bits per heavy atom. The number of nitrogens with one attached hydrogen (secondary N) is 1. The van der Waals surface area contributed by atoms with Crippen molar-refractivity contribution in [2.45, 2.75) is 13.8 Å². The molecule has 0 saturated heterocycles. The smallest absolute Gasteiger partial charge is 0.257 e. The molecule has 2 N–H and O–H groups in total. The van der Waals surface area contributed by atoms with Crippen LogP contribution in [0.4, 0.5) is 5.69 Å². The molecule has 0 unspecified atom stereocenters. The fourth-order valence-corrected chi connectivity index (χ4v) is 3.80. The third-order valence-corrected chi connectivity index (χ3v) is 5.47. The molecule has 7 nitrogen and oxygen atoms in total. The number of fused-ring (bicyclic) bond motifs is 2. The lowest BCUT2D eigenvalue weighted by molar-refractivity contribution is 0.102. The average molecular weight is 502 g/mol. The monoisotopic (exact) mass is 501 g/mol. The molecule has 0 atom stereocenters. The molecule has 3 aromatic carbocycles. The Morgan fingerprint density at radius 1 is 0.944 bits per heavy atom. The molecular formula is C28H24ClN3O4. The van der Waals surface area contributed by atoms with E-state index >= 15 is 0 Å². The van der Waals surface area contributed by atoms with Crippen LogP contribution in [0.15, 0.2) is 79.3 Å². The lowest BCUT2D eigenvalue weighted by atomic mass is 10.1. The first-order chi connectivity index (χ1) is 17.5. The maximum absolute atomic E-state index is 12.5. The summed E-state index contributed by atoms with van der Waals surface area (Å²) < 4.78 is 11.3. The second kappa shape index (κ2) is 10.9. The molecule has 5 rings (SSSR count). The van der Waals surface area contributed by atoms with E-state index in [1.54, 1.807) is 30.5 Å². The first kappa shape index (κ1) is 24.8. The van der Waals surface area contributed by atoms with E-state index in [1.165, 1.54) is 19.5 Å². The van der Waals surface area contributed by atoms with Gasteiger partial charge in [0.25, 0.3) is 5.91 Å². The summed E-state index contributed by atoms with van der Waals surface area (Å²) in [6.07, 6.45) is 4.56. The quantitative estimate of drug-likeness (QED) is 0.264. The highest BCUT2D eigenvalue weighted by Gasteiger charge is 2.11. The van der Waals surface area contributed by atoms with Crippen LogP contribution in [-0.4, -0.2) is 28.1 Å². The number of aromatic hydroxyl groups is 1. The second-order valence-corrected chi connectivity index (χ2v) is 7.96. The van der Waals surface area contributed by atoms with Gasteiger partial charge in [-0.3, -0.25) is 14.8 Å². The molecule has 1 amide bonds. The lowest BCUT2D eigenvalue weighted by Gasteiger charge is -2.12. The first-order valence-electron chi connectivity index (χ1n) is 11.3. The number of rotatable bonds is 5. The fraction of sp³-hybridized carbons (Fsp3) is 0.107. The molecule has 182 valence electrons. The number of carbonyl (C=O) groups excluding carboxylic acids is 1. The third-order valence-electron chi connectivity index (χ3n) is 5.27. The fourth-order valence-electron chi connectivity index (χ4n) is 3.62. The number of hydrogen-bond donors (Lipinski definition) is 2. The predicted octanol–water partition coefficient (Wildman–Crippen LogP) is 7.22. The molecular weight excluding hydrogens is 478 g/mol. The van der Waals surface area contributed by atoms with Crippen LogP contribution in [0.1, 0.15) is 24.2 Å². The van der Waals surface area contributed by atoms with Crippen LogP contribution in [-0.2, 0) is 0 Å². The van der Waals surface area contributed by atoms with Gasteiger partial charge in [0.1, 0.15) is 11.5 Å². The Bertz CT molecular complexity index is 1560. The van der Waals surface area contributed by atoms with Crippen LogP contribution in [0.25, 0.3) is 21.7 Å². The summed E-state index contributed by atoms with van der Waals surface area (Å²) in [5, 5.41) is 16.0. The van der Waals surface area contributed by atoms with Gasteiger partial charge in [0.2, 0.25) is 0 Å². The summed E-state index contributed by atoms with van der Waals surface area (Å²) in [4.78, 5) is 20.8. The van der Waals surface area contributed by atoms with Gasteiger partial charge < -0.3 is 19.9 Å². The number of halogens is 1. The number of ether oxygens (including phenoxy) is 2. The van der Waals surface area contributed by atoms with Crippen molar-refractivity contribution in [3.63, 3.8) is 0 Å². The Kier molecular flexibility index (Phi) is 7.51. The summed E-state index contributed by atoms with van der Waals surface area (Å²) >= 11 is 5.93. The standard InChI is InChI=1S/C26H18ClN3O4.C2H6/c1-33-25-12-22-21(11-23(25)31)24(6-7-29-22)34-20-5-3-15-2-4-19(9-16(15)10-20)30-26(32)17-8-18(27)14-28-13-17;1-2/h2-14,31H,1H3,(H,30,32);1-2H3. The van der Waals surface area contributed by atoms with E-state index < -0.39 is 0 Å². The van der Waals surface area contributed by atoms with E-state index in [2.05, 4.69) is 15.3 Å². The molecule has 2 heterocycles. The highest BCUT2D eigenvalue weighted by Crippen LogP contribution is 2.37. The van der Waals surface area contributed by atoms with Gasteiger partial charge in [0.15, 0.2) is 11.5 Å². The van der Waals surface area contributed by atoms with E-state index in [0.717, 1.165) is 10.8 Å². The van der Waals surface area contributed by atoms with Crippen molar-refractivity contribution in [1.29, 1.82) is 0 Å². The number of hydrogen-bond acceptors (Lipinski definition) is 6. The average Bonchev–Trinajstić information content (AvgIpc) is 2.89. The molecule has 0 aliphatic heterocycles. The van der Waals surface area contributed by atoms with Crippen LogP contribution in [0.2, 0.25) is 5.02 Å². The van der Waals surface area contributed by atoms with Gasteiger partial charge in [0, 0.05) is 35.7 Å². The van der Waals surface area contributed by atoms with Crippen molar-refractivity contribution in [2.75, 3.05) is 12.4 Å². The number of benzene rings is 3. The topological polar surface area (TPSA) is 93.6 Å². The number of pyridine rings is 2. The number of phenolic OH excluding ortho intramolecular Hbond substituents is 1. The van der Waals surface area contributed by atoms with Gasteiger partial charge in [-0.2, -0.15) is 0 Å². The van der Waals surface area contributed by atoms with Crippen molar-refractivity contribution in [1.82, 2.24) is 9.97 Å². The zero-order valence-electron chi connectivity index (χ0n) is 19.9. The summed E-state index contributed by atoms with van der Waals surface area (Å²) in [7, 11) is 1.49. The van der Waals surface area contributed by atoms with Crippen molar-refractivity contribution in [3.8, 4) is 23.0 Å². The largest absolute Gasteiger partial charge is 0.504 e. The molecule has 0 radical (unpaired) electrons. The Morgan fingerprint density at radius 3 is 2.53 bits per heavy atom. The van der Waals surface area contributed by atoms with Crippen molar-refractivity contribution < 1.29 is 19.4 Å². The third kappa shape index (κ3) is 5.31. The van der Waals surface area contributed by atoms with E-state index in [-0.39, 0.29) is 11.7 Å². The van der Waals surface area contributed by atoms with E-state index in [1.807, 2.05) is 50.2 Å². The maximum atomic E-state index is 12.5. The zero-order chi connectivity index (χ0) is 25.7. The number of anilines is 1. The lowest BCUT2D eigenvalue weighted by Crippen LogP contribution is -2.12. The molecule has 5 aromatic rings. The first-order valence-corrected chi connectivity index (χ1v) is 11.7. The Balaban J connectivity index is 0.00000148. The minimum absolute atomic E-state index is 0.00153. The van der Waals surface area contributed by atoms with Crippen LogP contribution >= 0.6 is 11.6 Å². The van der Waals surface area contributed by atoms with Crippen molar-refractivity contribution in [2.24, 2.45) is 0 Å². The Hall–Kier alpha value is -4.36. The molecule has 8 heteroatoms. The number of carbonyl (C=O) groups is 1. The van der Waals surface area contributed by atoms with Gasteiger partial charge in [-0.05, 0) is 53.2 Å². The van der Waals surface area contributed by atoms with Crippen LogP contribution in [0.5, 0.6) is 23.0 Å². The highest BCUT2D eigenvalue weighted by molar-refractivity contribution is 6.30. The second-order valence-electron chi connectivity index (χ2n) is 7.52. The van der Waals surface area contributed by atoms with Gasteiger partial charge >= 0.3 is 0 Å². The minimum atomic E-state index is -0.305. The van der Waals surface area contributed by atoms with Crippen molar-refractivity contribution in [3.05, 3.63) is 89.8 Å². The minimum Gasteiger partial charge on any atom is -0.504 e.